The van der Waals surface area contributed by atoms with Gasteiger partial charge in [0.1, 0.15) is 11.6 Å². The molecule has 0 amide bonds. The highest BCUT2D eigenvalue weighted by Crippen LogP contribution is 2.38. The maximum absolute atomic E-state index is 13.2. The Morgan fingerprint density at radius 2 is 2.00 bits per heavy atom. The Labute approximate surface area is 122 Å². The summed E-state index contributed by atoms with van der Waals surface area (Å²) in [6.45, 7) is 4.52. The number of hydrogen-bond acceptors (Lipinski definition) is 1. The third-order valence-corrected chi connectivity index (χ3v) is 4.94. The van der Waals surface area contributed by atoms with Gasteiger partial charge in [-0.15, -0.1) is 0 Å². The molecule has 1 aromatic rings. The Balaban J connectivity index is 2.00. The van der Waals surface area contributed by atoms with Crippen molar-refractivity contribution in [2.75, 3.05) is 0 Å². The van der Waals surface area contributed by atoms with E-state index in [4.69, 9.17) is 0 Å². The van der Waals surface area contributed by atoms with Crippen LogP contribution < -0.4 is 0 Å². The van der Waals surface area contributed by atoms with Crippen molar-refractivity contribution in [3.8, 4) is 0 Å². The fraction of sp³-hybridized carbons (Fsp3) is 0.562. The number of hydrogen-bond donors (Lipinski definition) is 0. The third-order valence-electron chi connectivity index (χ3n) is 4.17. The summed E-state index contributed by atoms with van der Waals surface area (Å²) in [6, 6.07) is 4.53. The fourth-order valence-electron chi connectivity index (χ4n) is 2.73. The van der Waals surface area contributed by atoms with Gasteiger partial charge in [0.25, 0.3) is 0 Å². The monoisotopic (exact) mass is 326 g/mol. The van der Waals surface area contributed by atoms with E-state index in [1.807, 2.05) is 0 Å². The molecular weight excluding hydrogens is 307 g/mol. The molecule has 1 fully saturated rings. The third kappa shape index (κ3) is 3.88. The van der Waals surface area contributed by atoms with Crippen LogP contribution in [0, 0.1) is 17.2 Å². The van der Waals surface area contributed by atoms with Crippen LogP contribution in [0.3, 0.4) is 0 Å². The van der Waals surface area contributed by atoms with Crippen LogP contribution in [0.25, 0.3) is 0 Å². The van der Waals surface area contributed by atoms with Crippen molar-refractivity contribution in [1.29, 1.82) is 0 Å². The molecule has 0 bridgehead atoms. The predicted octanol–water partition coefficient (Wildman–Crippen LogP) is 4.92. The molecule has 0 N–H and O–H groups in total. The van der Waals surface area contributed by atoms with Crippen molar-refractivity contribution in [2.45, 2.75) is 46.0 Å². The molecule has 2 rings (SSSR count). The zero-order chi connectivity index (χ0) is 14.0. The van der Waals surface area contributed by atoms with Gasteiger partial charge in [0, 0.05) is 16.8 Å². The highest BCUT2D eigenvalue weighted by molar-refractivity contribution is 9.10. The van der Waals surface area contributed by atoms with E-state index in [0.717, 1.165) is 35.7 Å². The van der Waals surface area contributed by atoms with Crippen molar-refractivity contribution in [2.24, 2.45) is 11.3 Å². The molecule has 0 radical (unpaired) electrons. The van der Waals surface area contributed by atoms with E-state index < -0.39 is 0 Å². The SMILES string of the molecule is CC1(C)CCC(C(=O)Cc2cc(F)ccc2Br)CC1. The Morgan fingerprint density at radius 1 is 1.37 bits per heavy atom. The van der Waals surface area contributed by atoms with Crippen molar-refractivity contribution in [1.82, 2.24) is 0 Å². The molecule has 1 nitrogen and oxygen atoms in total. The van der Waals surface area contributed by atoms with E-state index in [-0.39, 0.29) is 17.5 Å². The van der Waals surface area contributed by atoms with Crippen LogP contribution in [0.5, 0.6) is 0 Å². The van der Waals surface area contributed by atoms with Gasteiger partial charge in [-0.2, -0.15) is 0 Å². The molecule has 0 atom stereocenters. The quantitative estimate of drug-likeness (QED) is 0.770. The smallest absolute Gasteiger partial charge is 0.140 e. The van der Waals surface area contributed by atoms with Gasteiger partial charge in [0.15, 0.2) is 0 Å². The number of benzene rings is 1. The van der Waals surface area contributed by atoms with Crippen molar-refractivity contribution in [3.63, 3.8) is 0 Å². The first kappa shape index (κ1) is 14.7. The van der Waals surface area contributed by atoms with Crippen LogP contribution in [0.2, 0.25) is 0 Å². The molecule has 104 valence electrons. The van der Waals surface area contributed by atoms with E-state index in [0.29, 0.717) is 11.8 Å². The average molecular weight is 327 g/mol. The zero-order valence-corrected chi connectivity index (χ0v) is 13.1. The molecular formula is C16H20BrFO. The molecule has 1 aliphatic rings. The van der Waals surface area contributed by atoms with Crippen molar-refractivity contribution in [3.05, 3.63) is 34.1 Å². The van der Waals surface area contributed by atoms with E-state index in [9.17, 15) is 9.18 Å². The lowest BCUT2D eigenvalue weighted by Gasteiger charge is -2.33. The van der Waals surface area contributed by atoms with Crippen LogP contribution in [0.4, 0.5) is 4.39 Å². The molecule has 3 heteroatoms. The van der Waals surface area contributed by atoms with E-state index in [2.05, 4.69) is 29.8 Å². The lowest BCUT2D eigenvalue weighted by molar-refractivity contribution is -0.123. The Morgan fingerprint density at radius 3 is 2.63 bits per heavy atom. The number of rotatable bonds is 3. The van der Waals surface area contributed by atoms with E-state index in [1.165, 1.54) is 12.1 Å². The Bertz CT molecular complexity index is 472. The second-order valence-electron chi connectivity index (χ2n) is 6.32. The topological polar surface area (TPSA) is 17.1 Å². The number of carbonyl (C=O) groups excluding carboxylic acids is 1. The number of ketones is 1. The molecule has 1 aliphatic carbocycles. The summed E-state index contributed by atoms with van der Waals surface area (Å²) in [5.41, 5.74) is 1.13. The number of halogens is 2. The second-order valence-corrected chi connectivity index (χ2v) is 7.17. The van der Waals surface area contributed by atoms with Gasteiger partial charge >= 0.3 is 0 Å². The van der Waals surface area contributed by atoms with Gasteiger partial charge in [-0.1, -0.05) is 29.8 Å². The maximum Gasteiger partial charge on any atom is 0.140 e. The van der Waals surface area contributed by atoms with E-state index in [1.54, 1.807) is 6.07 Å². The first-order valence-electron chi connectivity index (χ1n) is 6.84. The summed E-state index contributed by atoms with van der Waals surface area (Å²) in [7, 11) is 0. The minimum Gasteiger partial charge on any atom is -0.299 e. The standard InChI is InChI=1S/C16H20BrFO/c1-16(2)7-5-11(6-8-16)15(19)10-12-9-13(18)3-4-14(12)17/h3-4,9,11H,5-8,10H2,1-2H3. The Hall–Kier alpha value is -0.700. The minimum absolute atomic E-state index is 0.156. The predicted molar refractivity (Wildman–Crippen MR) is 78.6 cm³/mol. The number of Topliss-reactive ketones (excluding diaryl/α,β-unsaturated/α-hetero) is 1. The van der Waals surface area contributed by atoms with Gasteiger partial charge in [0.2, 0.25) is 0 Å². The highest BCUT2D eigenvalue weighted by atomic mass is 79.9. The van der Waals surface area contributed by atoms with Gasteiger partial charge in [-0.3, -0.25) is 4.79 Å². The molecule has 1 aromatic carbocycles. The molecule has 0 aliphatic heterocycles. The Kier molecular flexibility index (Phi) is 4.44. The lowest BCUT2D eigenvalue weighted by Crippen LogP contribution is -2.27. The minimum atomic E-state index is -0.282. The molecule has 0 unspecified atom stereocenters. The van der Waals surface area contributed by atoms with Crippen LogP contribution in [-0.4, -0.2) is 5.78 Å². The molecule has 1 saturated carbocycles. The van der Waals surface area contributed by atoms with Gasteiger partial charge in [0.05, 0.1) is 0 Å². The maximum atomic E-state index is 13.2. The van der Waals surface area contributed by atoms with Crippen LogP contribution in [0.15, 0.2) is 22.7 Å². The van der Waals surface area contributed by atoms with Crippen LogP contribution in [0.1, 0.15) is 45.1 Å². The lowest BCUT2D eigenvalue weighted by atomic mass is 9.71. The average Bonchev–Trinajstić information content (AvgIpc) is 2.33. The number of carbonyl (C=O) groups is 1. The van der Waals surface area contributed by atoms with Crippen molar-refractivity contribution < 1.29 is 9.18 Å². The second kappa shape index (κ2) is 5.74. The van der Waals surface area contributed by atoms with Crippen LogP contribution >= 0.6 is 15.9 Å². The first-order chi connectivity index (χ1) is 8.87. The summed E-state index contributed by atoms with van der Waals surface area (Å²) in [5, 5.41) is 0. The molecule has 0 heterocycles. The molecule has 0 spiro atoms. The van der Waals surface area contributed by atoms with E-state index >= 15 is 0 Å². The molecule has 0 aromatic heterocycles. The molecule has 0 saturated heterocycles. The molecule has 19 heavy (non-hydrogen) atoms. The van der Waals surface area contributed by atoms with Gasteiger partial charge < -0.3 is 0 Å². The van der Waals surface area contributed by atoms with Gasteiger partial charge in [-0.05, 0) is 54.9 Å². The van der Waals surface area contributed by atoms with Gasteiger partial charge in [-0.25, -0.2) is 4.39 Å². The highest BCUT2D eigenvalue weighted by Gasteiger charge is 2.30. The summed E-state index contributed by atoms with van der Waals surface area (Å²) in [4.78, 5) is 12.3. The first-order valence-corrected chi connectivity index (χ1v) is 7.63. The van der Waals surface area contributed by atoms with Crippen molar-refractivity contribution >= 4 is 21.7 Å². The largest absolute Gasteiger partial charge is 0.299 e. The summed E-state index contributed by atoms with van der Waals surface area (Å²) in [6.07, 6.45) is 4.49. The summed E-state index contributed by atoms with van der Waals surface area (Å²) >= 11 is 3.38. The summed E-state index contributed by atoms with van der Waals surface area (Å²) in [5.74, 6) is 0.126. The normalized spacial score (nSPS) is 19.4. The van der Waals surface area contributed by atoms with Crippen LogP contribution in [-0.2, 0) is 11.2 Å². The summed E-state index contributed by atoms with van der Waals surface area (Å²) < 4.78 is 14.0. The zero-order valence-electron chi connectivity index (χ0n) is 11.5. The fourth-order valence-corrected chi connectivity index (χ4v) is 3.12.